The molecule has 1 atom stereocenters. The number of ether oxygens (including phenoxy) is 1. The normalized spacial score (nSPS) is 19.3. The summed E-state index contributed by atoms with van der Waals surface area (Å²) < 4.78 is 5.55. The number of carbonyl (C=O) groups is 1. The molecule has 1 N–H and O–H groups in total. The van der Waals surface area contributed by atoms with Gasteiger partial charge in [0, 0.05) is 38.8 Å². The van der Waals surface area contributed by atoms with Crippen LogP contribution >= 0.6 is 0 Å². The first-order chi connectivity index (χ1) is 11.4. The highest BCUT2D eigenvalue weighted by Gasteiger charge is 2.32. The summed E-state index contributed by atoms with van der Waals surface area (Å²) in [6.07, 6.45) is 1.24. The van der Waals surface area contributed by atoms with E-state index in [0.717, 1.165) is 26.1 Å². The Morgan fingerprint density at radius 1 is 1.25 bits per heavy atom. The molecule has 0 bridgehead atoms. The van der Waals surface area contributed by atoms with Gasteiger partial charge in [0.25, 0.3) is 0 Å². The van der Waals surface area contributed by atoms with Gasteiger partial charge in [-0.15, -0.1) is 0 Å². The minimum absolute atomic E-state index is 0.0875. The molecule has 1 aromatic rings. The van der Waals surface area contributed by atoms with Crippen LogP contribution in [0.15, 0.2) is 30.3 Å². The molecule has 5 nitrogen and oxygen atoms in total. The first kappa shape index (κ1) is 18.7. The van der Waals surface area contributed by atoms with Crippen molar-refractivity contribution >= 4 is 6.09 Å². The average molecular weight is 334 g/mol. The fourth-order valence-corrected chi connectivity index (χ4v) is 3.04. The van der Waals surface area contributed by atoms with Crippen molar-refractivity contribution in [3.63, 3.8) is 0 Å². The first-order valence-electron chi connectivity index (χ1n) is 8.76. The van der Waals surface area contributed by atoms with Gasteiger partial charge in [0.1, 0.15) is 5.60 Å². The Balaban J connectivity index is 1.99. The maximum atomic E-state index is 12.5. The summed E-state index contributed by atoms with van der Waals surface area (Å²) in [6, 6.07) is 10.5. The lowest BCUT2D eigenvalue weighted by atomic mass is 10.1. The molecule has 1 fully saturated rings. The van der Waals surface area contributed by atoms with Crippen LogP contribution in [0.4, 0.5) is 4.79 Å². The van der Waals surface area contributed by atoms with Crippen LogP contribution in [-0.2, 0) is 11.3 Å². The van der Waals surface area contributed by atoms with Crippen molar-refractivity contribution in [2.24, 2.45) is 0 Å². The summed E-state index contributed by atoms with van der Waals surface area (Å²) in [4.78, 5) is 16.7. The number of nitrogens with zero attached hydrogens (tertiary/aromatic N) is 2. The number of aliphatic hydroxyl groups excluding tert-OH is 1. The van der Waals surface area contributed by atoms with Gasteiger partial charge in [-0.2, -0.15) is 0 Å². The molecule has 0 radical (unpaired) electrons. The molecule has 0 spiro atoms. The van der Waals surface area contributed by atoms with Crippen LogP contribution in [0.3, 0.4) is 0 Å². The SMILES string of the molecule is CC(C)(C)OC(=O)N1CCN(Cc2ccccc2)C[C@@H]1CCCO. The summed E-state index contributed by atoms with van der Waals surface area (Å²) in [5.41, 5.74) is 0.795. The summed E-state index contributed by atoms with van der Waals surface area (Å²) >= 11 is 0. The van der Waals surface area contributed by atoms with E-state index in [1.54, 1.807) is 0 Å². The molecule has 0 aliphatic carbocycles. The van der Waals surface area contributed by atoms with E-state index < -0.39 is 5.60 Å². The van der Waals surface area contributed by atoms with E-state index in [2.05, 4.69) is 29.2 Å². The molecule has 1 heterocycles. The molecule has 0 saturated carbocycles. The van der Waals surface area contributed by atoms with Crippen molar-refractivity contribution in [2.75, 3.05) is 26.2 Å². The lowest BCUT2D eigenvalue weighted by Crippen LogP contribution is -2.55. The molecule has 1 amide bonds. The maximum Gasteiger partial charge on any atom is 0.410 e. The van der Waals surface area contributed by atoms with E-state index >= 15 is 0 Å². The Morgan fingerprint density at radius 2 is 1.96 bits per heavy atom. The highest BCUT2D eigenvalue weighted by atomic mass is 16.6. The number of rotatable bonds is 5. The second-order valence-electron chi connectivity index (χ2n) is 7.41. The van der Waals surface area contributed by atoms with Crippen molar-refractivity contribution in [3.8, 4) is 0 Å². The van der Waals surface area contributed by atoms with Crippen LogP contribution in [0.1, 0.15) is 39.2 Å². The molecular formula is C19H30N2O3. The van der Waals surface area contributed by atoms with Crippen molar-refractivity contribution in [2.45, 2.75) is 51.8 Å². The van der Waals surface area contributed by atoms with Gasteiger partial charge >= 0.3 is 6.09 Å². The third-order valence-corrected chi connectivity index (χ3v) is 4.14. The second-order valence-corrected chi connectivity index (χ2v) is 7.41. The lowest BCUT2D eigenvalue weighted by molar-refractivity contribution is -0.00473. The zero-order valence-corrected chi connectivity index (χ0v) is 15.1. The number of piperazine rings is 1. The molecule has 134 valence electrons. The molecule has 0 aromatic heterocycles. The molecule has 1 aliphatic rings. The van der Waals surface area contributed by atoms with Crippen molar-refractivity contribution < 1.29 is 14.6 Å². The number of benzene rings is 1. The number of aliphatic hydroxyl groups is 1. The molecule has 1 aromatic carbocycles. The average Bonchev–Trinajstić information content (AvgIpc) is 2.52. The molecule has 2 rings (SSSR count). The van der Waals surface area contributed by atoms with Gasteiger partial charge in [0.2, 0.25) is 0 Å². The number of amides is 1. The Bertz CT molecular complexity index is 513. The van der Waals surface area contributed by atoms with E-state index in [-0.39, 0.29) is 18.7 Å². The van der Waals surface area contributed by atoms with Gasteiger partial charge in [-0.3, -0.25) is 4.90 Å². The fourth-order valence-electron chi connectivity index (χ4n) is 3.04. The van der Waals surface area contributed by atoms with Crippen LogP contribution in [0.2, 0.25) is 0 Å². The van der Waals surface area contributed by atoms with Crippen molar-refractivity contribution in [1.82, 2.24) is 9.80 Å². The van der Waals surface area contributed by atoms with E-state index in [0.29, 0.717) is 13.0 Å². The second kappa shape index (κ2) is 8.49. The van der Waals surface area contributed by atoms with Gasteiger partial charge in [0.15, 0.2) is 0 Å². The first-order valence-corrected chi connectivity index (χ1v) is 8.76. The number of carbonyl (C=O) groups excluding carboxylic acids is 1. The van der Waals surface area contributed by atoms with Gasteiger partial charge in [-0.1, -0.05) is 30.3 Å². The molecule has 24 heavy (non-hydrogen) atoms. The Morgan fingerprint density at radius 3 is 2.58 bits per heavy atom. The molecule has 0 unspecified atom stereocenters. The standard InChI is InChI=1S/C19H30N2O3/c1-19(2,3)24-18(23)21-12-11-20(15-17(21)10-7-13-22)14-16-8-5-4-6-9-16/h4-6,8-9,17,22H,7,10-15H2,1-3H3/t17-/m0/s1. The van der Waals surface area contributed by atoms with Crippen molar-refractivity contribution in [3.05, 3.63) is 35.9 Å². The molecule has 5 heteroatoms. The minimum atomic E-state index is -0.486. The van der Waals surface area contributed by atoms with E-state index in [1.165, 1.54) is 5.56 Å². The third-order valence-electron chi connectivity index (χ3n) is 4.14. The van der Waals surface area contributed by atoms with Gasteiger partial charge in [-0.25, -0.2) is 4.79 Å². The van der Waals surface area contributed by atoms with E-state index in [1.807, 2.05) is 31.7 Å². The van der Waals surface area contributed by atoms with E-state index in [9.17, 15) is 4.79 Å². The maximum absolute atomic E-state index is 12.5. The largest absolute Gasteiger partial charge is 0.444 e. The van der Waals surface area contributed by atoms with E-state index in [4.69, 9.17) is 9.84 Å². The zero-order valence-electron chi connectivity index (χ0n) is 15.1. The van der Waals surface area contributed by atoms with Crippen LogP contribution in [0.25, 0.3) is 0 Å². The molecule has 1 aliphatic heterocycles. The lowest BCUT2D eigenvalue weighted by Gasteiger charge is -2.41. The molecular weight excluding hydrogens is 304 g/mol. The highest BCUT2D eigenvalue weighted by molar-refractivity contribution is 5.68. The summed E-state index contributed by atoms with van der Waals surface area (Å²) in [6.45, 7) is 9.02. The van der Waals surface area contributed by atoms with Crippen LogP contribution < -0.4 is 0 Å². The molecule has 1 saturated heterocycles. The number of hydrogen-bond donors (Lipinski definition) is 1. The van der Waals surface area contributed by atoms with Crippen LogP contribution in [0, 0.1) is 0 Å². The van der Waals surface area contributed by atoms with Gasteiger partial charge in [0.05, 0.1) is 0 Å². The zero-order chi connectivity index (χ0) is 17.6. The van der Waals surface area contributed by atoms with Crippen LogP contribution in [0.5, 0.6) is 0 Å². The smallest absolute Gasteiger partial charge is 0.410 e. The quantitative estimate of drug-likeness (QED) is 0.899. The Kier molecular flexibility index (Phi) is 6.63. The topological polar surface area (TPSA) is 53.0 Å². The Labute approximate surface area is 145 Å². The fraction of sp³-hybridized carbons (Fsp3) is 0.632. The Hall–Kier alpha value is -1.59. The predicted octanol–water partition coefficient (Wildman–Crippen LogP) is 2.88. The predicted molar refractivity (Wildman–Crippen MR) is 94.8 cm³/mol. The van der Waals surface area contributed by atoms with Gasteiger partial charge in [-0.05, 0) is 39.2 Å². The summed E-state index contributed by atoms with van der Waals surface area (Å²) in [5, 5.41) is 9.16. The van der Waals surface area contributed by atoms with Crippen LogP contribution in [-0.4, -0.2) is 58.9 Å². The van der Waals surface area contributed by atoms with Gasteiger partial charge < -0.3 is 14.7 Å². The summed E-state index contributed by atoms with van der Waals surface area (Å²) in [5.74, 6) is 0. The monoisotopic (exact) mass is 334 g/mol. The van der Waals surface area contributed by atoms with Crippen molar-refractivity contribution in [1.29, 1.82) is 0 Å². The minimum Gasteiger partial charge on any atom is -0.444 e. The summed E-state index contributed by atoms with van der Waals surface area (Å²) in [7, 11) is 0. The number of hydrogen-bond acceptors (Lipinski definition) is 4. The highest BCUT2D eigenvalue weighted by Crippen LogP contribution is 2.20. The third kappa shape index (κ3) is 5.80.